The van der Waals surface area contributed by atoms with Gasteiger partial charge in [-0.15, -0.1) is 0 Å². The van der Waals surface area contributed by atoms with Crippen LogP contribution in [0.25, 0.3) is 0 Å². The number of ether oxygens (including phenoxy) is 1. The summed E-state index contributed by atoms with van der Waals surface area (Å²) in [5.41, 5.74) is 0.559. The van der Waals surface area contributed by atoms with Crippen molar-refractivity contribution in [3.05, 3.63) is 29.8 Å². The highest BCUT2D eigenvalue weighted by Crippen LogP contribution is 2.24. The van der Waals surface area contributed by atoms with Crippen LogP contribution in [-0.2, 0) is 4.79 Å². The minimum Gasteiger partial charge on any atom is -0.550 e. The highest BCUT2D eigenvalue weighted by Gasteiger charge is 2.24. The molecule has 0 atom stereocenters. The second kappa shape index (κ2) is 5.53. The van der Waals surface area contributed by atoms with Gasteiger partial charge in [-0.05, 0) is 31.4 Å². The predicted molar refractivity (Wildman–Crippen MR) is 61.8 cm³/mol. The molecule has 0 bridgehead atoms. The van der Waals surface area contributed by atoms with Crippen molar-refractivity contribution in [2.24, 2.45) is 0 Å². The summed E-state index contributed by atoms with van der Waals surface area (Å²) in [6.45, 7) is 0.724. The number of carboxylic acid groups (broad SMARTS) is 1. The van der Waals surface area contributed by atoms with E-state index in [1.807, 2.05) is 6.07 Å². The number of rotatable bonds is 5. The lowest BCUT2D eigenvalue weighted by Gasteiger charge is -2.28. The Kier molecular flexibility index (Phi) is 3.82. The molecule has 0 spiro atoms. The molecular weight excluding hydrogens is 234 g/mol. The fourth-order valence-electron chi connectivity index (χ4n) is 1.88. The van der Waals surface area contributed by atoms with Crippen LogP contribution in [0.4, 0.5) is 0 Å². The van der Waals surface area contributed by atoms with E-state index in [-0.39, 0.29) is 19.1 Å². The second-order valence-electron chi connectivity index (χ2n) is 4.17. The van der Waals surface area contributed by atoms with Crippen LogP contribution in [0.15, 0.2) is 24.3 Å². The SMILES string of the molecule is O=C([O-])CCCCN1COc2ccccc2C1=O. The van der Waals surface area contributed by atoms with Gasteiger partial charge in [-0.2, -0.15) is 0 Å². The molecule has 0 radical (unpaired) electrons. The Morgan fingerprint density at radius 2 is 2.11 bits per heavy atom. The Morgan fingerprint density at radius 1 is 1.33 bits per heavy atom. The standard InChI is InChI=1S/C13H15NO4/c15-12(16)7-3-4-8-14-9-18-11-6-2-1-5-10(11)13(14)17/h1-2,5-6H,3-4,7-9H2,(H,15,16)/p-1. The molecule has 5 heteroatoms. The molecule has 1 amide bonds. The fraction of sp³-hybridized carbons (Fsp3) is 0.385. The average molecular weight is 248 g/mol. The number of unbranched alkanes of at least 4 members (excludes halogenated alkanes) is 1. The van der Waals surface area contributed by atoms with Gasteiger partial charge in [0, 0.05) is 12.5 Å². The molecule has 2 rings (SSSR count). The number of fused-ring (bicyclic) bond motifs is 1. The molecule has 0 unspecified atom stereocenters. The van der Waals surface area contributed by atoms with Crippen LogP contribution < -0.4 is 9.84 Å². The summed E-state index contributed by atoms with van der Waals surface area (Å²) in [5.74, 6) is -0.514. The normalized spacial score (nSPS) is 14.0. The Bertz CT molecular complexity index is 458. The number of para-hydroxylation sites is 1. The number of benzene rings is 1. The summed E-state index contributed by atoms with van der Waals surface area (Å²) < 4.78 is 5.46. The summed E-state index contributed by atoms with van der Waals surface area (Å²) in [6, 6.07) is 7.10. The minimum absolute atomic E-state index is 0.0273. The van der Waals surface area contributed by atoms with Gasteiger partial charge in [-0.3, -0.25) is 4.79 Å². The van der Waals surface area contributed by atoms with E-state index in [1.165, 1.54) is 0 Å². The summed E-state index contributed by atoms with van der Waals surface area (Å²) in [4.78, 5) is 23.9. The van der Waals surface area contributed by atoms with E-state index in [0.29, 0.717) is 30.7 Å². The third-order valence-electron chi connectivity index (χ3n) is 2.84. The zero-order valence-electron chi connectivity index (χ0n) is 9.93. The number of amides is 1. The maximum Gasteiger partial charge on any atom is 0.260 e. The topological polar surface area (TPSA) is 69.7 Å². The maximum absolute atomic E-state index is 12.1. The van der Waals surface area contributed by atoms with E-state index >= 15 is 0 Å². The molecule has 1 aliphatic rings. The van der Waals surface area contributed by atoms with Crippen LogP contribution in [-0.4, -0.2) is 30.1 Å². The first-order valence-electron chi connectivity index (χ1n) is 5.89. The van der Waals surface area contributed by atoms with E-state index in [1.54, 1.807) is 23.1 Å². The van der Waals surface area contributed by atoms with Gasteiger partial charge in [0.15, 0.2) is 6.73 Å². The first kappa shape index (κ1) is 12.4. The van der Waals surface area contributed by atoms with Gasteiger partial charge in [-0.1, -0.05) is 12.1 Å². The van der Waals surface area contributed by atoms with Crippen LogP contribution in [0.2, 0.25) is 0 Å². The van der Waals surface area contributed by atoms with Crippen molar-refractivity contribution in [3.63, 3.8) is 0 Å². The lowest BCUT2D eigenvalue weighted by atomic mass is 10.1. The zero-order valence-corrected chi connectivity index (χ0v) is 9.93. The van der Waals surface area contributed by atoms with Gasteiger partial charge >= 0.3 is 0 Å². The van der Waals surface area contributed by atoms with Crippen LogP contribution in [0, 0.1) is 0 Å². The second-order valence-corrected chi connectivity index (χ2v) is 4.17. The Balaban J connectivity index is 1.89. The van der Waals surface area contributed by atoms with Gasteiger partial charge in [0.25, 0.3) is 5.91 Å². The molecule has 0 aliphatic carbocycles. The summed E-state index contributed by atoms with van der Waals surface area (Å²) >= 11 is 0. The highest BCUT2D eigenvalue weighted by molar-refractivity contribution is 5.97. The Hall–Kier alpha value is -2.04. The average Bonchev–Trinajstić information content (AvgIpc) is 2.37. The van der Waals surface area contributed by atoms with E-state index in [0.717, 1.165) is 0 Å². The van der Waals surface area contributed by atoms with Gasteiger partial charge < -0.3 is 19.5 Å². The quantitative estimate of drug-likeness (QED) is 0.707. The first-order valence-corrected chi connectivity index (χ1v) is 5.89. The smallest absolute Gasteiger partial charge is 0.260 e. The van der Waals surface area contributed by atoms with Crippen LogP contribution in [0.5, 0.6) is 5.75 Å². The number of hydrogen-bond acceptors (Lipinski definition) is 4. The number of aliphatic carboxylic acids is 1. The molecule has 1 heterocycles. The third kappa shape index (κ3) is 2.80. The third-order valence-corrected chi connectivity index (χ3v) is 2.84. The van der Waals surface area contributed by atoms with E-state index in [2.05, 4.69) is 0 Å². The molecule has 0 saturated heterocycles. The van der Waals surface area contributed by atoms with Gasteiger partial charge in [0.1, 0.15) is 5.75 Å². The molecule has 96 valence electrons. The Labute approximate surface area is 105 Å². The molecule has 0 fully saturated rings. The Morgan fingerprint density at radius 3 is 2.89 bits per heavy atom. The first-order chi connectivity index (χ1) is 8.68. The number of nitrogens with zero attached hydrogens (tertiary/aromatic N) is 1. The lowest BCUT2D eigenvalue weighted by Crippen LogP contribution is -2.39. The van der Waals surface area contributed by atoms with Crippen LogP contribution in [0.1, 0.15) is 29.6 Å². The summed E-state index contributed by atoms with van der Waals surface area (Å²) in [6.07, 6.45) is 1.17. The van der Waals surface area contributed by atoms with Gasteiger partial charge in [-0.25, -0.2) is 0 Å². The molecule has 0 aromatic heterocycles. The largest absolute Gasteiger partial charge is 0.550 e. The van der Waals surface area contributed by atoms with E-state index in [9.17, 15) is 14.7 Å². The summed E-state index contributed by atoms with van der Waals surface area (Å²) in [7, 11) is 0. The fourth-order valence-corrected chi connectivity index (χ4v) is 1.88. The van der Waals surface area contributed by atoms with Crippen molar-refractivity contribution in [1.82, 2.24) is 4.90 Å². The molecule has 1 aliphatic heterocycles. The lowest BCUT2D eigenvalue weighted by molar-refractivity contribution is -0.305. The summed E-state index contributed by atoms with van der Waals surface area (Å²) in [5, 5.41) is 10.3. The molecule has 0 N–H and O–H groups in total. The molecule has 1 aromatic carbocycles. The predicted octanol–water partition coefficient (Wildman–Crippen LogP) is 0.399. The number of carbonyl (C=O) groups excluding carboxylic acids is 2. The van der Waals surface area contributed by atoms with E-state index < -0.39 is 5.97 Å². The van der Waals surface area contributed by atoms with Crippen LogP contribution in [0.3, 0.4) is 0 Å². The van der Waals surface area contributed by atoms with Gasteiger partial charge in [0.05, 0.1) is 5.56 Å². The van der Waals surface area contributed by atoms with Crippen molar-refractivity contribution < 1.29 is 19.4 Å². The molecule has 5 nitrogen and oxygen atoms in total. The van der Waals surface area contributed by atoms with E-state index in [4.69, 9.17) is 4.74 Å². The van der Waals surface area contributed by atoms with Crippen LogP contribution >= 0.6 is 0 Å². The van der Waals surface area contributed by atoms with Crippen molar-refractivity contribution in [3.8, 4) is 5.75 Å². The van der Waals surface area contributed by atoms with Gasteiger partial charge in [0.2, 0.25) is 0 Å². The number of carbonyl (C=O) groups is 2. The van der Waals surface area contributed by atoms with Crippen molar-refractivity contribution >= 4 is 11.9 Å². The van der Waals surface area contributed by atoms with Crippen molar-refractivity contribution in [2.45, 2.75) is 19.3 Å². The zero-order chi connectivity index (χ0) is 13.0. The molecular formula is C13H14NO4-. The molecule has 1 aromatic rings. The minimum atomic E-state index is -1.05. The molecule has 0 saturated carbocycles. The number of hydrogen-bond donors (Lipinski definition) is 0. The van der Waals surface area contributed by atoms with Crippen molar-refractivity contribution in [1.29, 1.82) is 0 Å². The maximum atomic E-state index is 12.1. The highest BCUT2D eigenvalue weighted by atomic mass is 16.5. The number of carboxylic acids is 1. The monoisotopic (exact) mass is 248 g/mol. The van der Waals surface area contributed by atoms with Crippen molar-refractivity contribution in [2.75, 3.05) is 13.3 Å². The molecule has 18 heavy (non-hydrogen) atoms.